The van der Waals surface area contributed by atoms with E-state index in [1.807, 2.05) is 41.5 Å². The quantitative estimate of drug-likeness (QED) is 0.0310. The second kappa shape index (κ2) is 54.3. The first kappa shape index (κ1) is 109. The van der Waals surface area contributed by atoms with Gasteiger partial charge in [-0.1, -0.05) is 101 Å². The molecule has 0 saturated carbocycles. The van der Waals surface area contributed by atoms with E-state index in [-0.39, 0.29) is 126 Å². The Bertz CT molecular complexity index is 4400. The maximum atomic E-state index is 14.9. The monoisotopic (exact) mass is 1850 g/mol. The summed E-state index contributed by atoms with van der Waals surface area (Å²) >= 11 is 0. The first-order valence-electron chi connectivity index (χ1n) is 46.4. The topological polar surface area (TPSA) is 636 Å². The van der Waals surface area contributed by atoms with Crippen molar-refractivity contribution in [3.8, 4) is 0 Å². The molecule has 6 rings (SSSR count). The first-order valence-corrected chi connectivity index (χ1v) is 46.4. The zero-order chi connectivity index (χ0) is 97.8. The van der Waals surface area contributed by atoms with E-state index < -0.39 is 229 Å². The fraction of sp³-hybridized carbons (Fsp3) is 0.678. The molecule has 16 amide bonds. The molecule has 0 bridgehead atoms. The van der Waals surface area contributed by atoms with E-state index in [4.69, 9.17) is 17.2 Å². The number of amides is 16. The number of nitrogens with zero attached hydrogens (tertiary/aromatic N) is 4. The summed E-state index contributed by atoms with van der Waals surface area (Å²) in [5.74, 6) is -15.8. The van der Waals surface area contributed by atoms with Crippen molar-refractivity contribution in [1.29, 1.82) is 0 Å². The minimum Gasteiger partial charge on any atom is -0.481 e. The van der Waals surface area contributed by atoms with Crippen LogP contribution in [0.2, 0.25) is 0 Å². The van der Waals surface area contributed by atoms with E-state index in [2.05, 4.69) is 84.1 Å². The van der Waals surface area contributed by atoms with Gasteiger partial charge in [-0.2, -0.15) is 0 Å². The number of aromatic amines is 2. The Balaban J connectivity index is 1.09. The number of benzene rings is 1. The highest BCUT2D eigenvalue weighted by Gasteiger charge is 2.43. The molecule has 3 saturated heterocycles. The van der Waals surface area contributed by atoms with Crippen molar-refractivity contribution >= 4 is 117 Å². The van der Waals surface area contributed by atoms with Crippen LogP contribution in [-0.4, -0.2) is 283 Å². The number of H-pyrrole nitrogens is 2. The standard InChI is InChI=1S/C90H144N22O20/c1-49(2)36-58(93)77(118)103-68(42-56-44-94-48-99-56)80(121)98-47-74(115)112-35-21-28-71(112)89(130)108-66(40-53(9)10)85(126)106-67(41-55-43-95-59-23-14-13-22-57(55)59)86(127)101-62(29-30-75(116)117)78(119)96-45-72(113)111-34-20-27-70(111)88(129)107-63(37-50(3)4)79(120)97-46-73(114)110-33-19-26-69(110)87(128)102-60(24-15-17-31-91)81(122)104-65(39-52(7)8)84(125)105-64(38-51(5)6)83(124)100-61(25-16-18-32-92)82(123)109-76(54(11)12)90(131)132/h13-14,22-23,43-44,48-54,58,60-71,76,95H,15-21,24-42,45-47,91-93H2,1-12H3,(H,94,99)(H,96,119)(H,97,120)(H,98,121)(H,100,124)(H,101,127)(H,102,128)(H,103,118)(H,104,122)(H,105,125)(H,106,126)(H,107,129)(H,108,130)(H,109,123)(H,116,117)(H,131,132)/t58-,60-,61-,62-,63-,64-,65-,66-,67-,68-,69-,70-,71-,76-/m0/s1. The van der Waals surface area contributed by atoms with E-state index in [1.165, 1.54) is 27.2 Å². The molecule has 5 heterocycles. The number of unbranched alkanes of at least 4 members (excludes halogenated alkanes) is 2. The fourth-order valence-electron chi connectivity index (χ4n) is 16.4. The number of carbonyl (C=O) groups excluding carboxylic acids is 16. The van der Waals surface area contributed by atoms with Crippen LogP contribution in [0.3, 0.4) is 0 Å². The number of nitrogens with one attached hydrogen (secondary N) is 15. The fourth-order valence-corrected chi connectivity index (χ4v) is 16.4. The molecule has 1 aromatic carbocycles. The van der Waals surface area contributed by atoms with Gasteiger partial charge in [-0.25, -0.2) is 9.78 Å². The second-order valence-electron chi connectivity index (χ2n) is 37.1. The minimum atomic E-state index is -1.65. The number of aromatic nitrogens is 3. The van der Waals surface area contributed by atoms with Gasteiger partial charge in [0.2, 0.25) is 94.5 Å². The molecule has 3 aliphatic heterocycles. The normalized spacial score (nSPS) is 17.5. The molecule has 0 unspecified atom stereocenters. The number of rotatable bonds is 56. The number of carboxylic acids is 2. The van der Waals surface area contributed by atoms with E-state index in [0.717, 1.165) is 0 Å². The first-order chi connectivity index (χ1) is 62.5. The number of hydrogen-bond acceptors (Lipinski definition) is 22. The second-order valence-corrected chi connectivity index (χ2v) is 37.1. The average Bonchev–Trinajstić information content (AvgIpc) is 1.66. The number of fused-ring (bicyclic) bond motifs is 1. The third kappa shape index (κ3) is 35.1. The Kier molecular flexibility index (Phi) is 44.9. The lowest BCUT2D eigenvalue weighted by molar-refractivity contribution is -0.143. The number of carboxylic acid groups (broad SMARTS) is 2. The van der Waals surface area contributed by atoms with Gasteiger partial charge in [0, 0.05) is 67.9 Å². The van der Waals surface area contributed by atoms with Gasteiger partial charge >= 0.3 is 11.9 Å². The van der Waals surface area contributed by atoms with Crippen molar-refractivity contribution < 1.29 is 96.5 Å². The molecule has 14 atom stereocenters. The van der Waals surface area contributed by atoms with Crippen LogP contribution in [0, 0.1) is 35.5 Å². The van der Waals surface area contributed by atoms with Crippen LogP contribution in [0.15, 0.2) is 43.0 Å². The van der Waals surface area contributed by atoms with Gasteiger partial charge < -0.3 is 121 Å². The summed E-state index contributed by atoms with van der Waals surface area (Å²) in [7, 11) is 0. The molecule has 0 aliphatic carbocycles. The van der Waals surface area contributed by atoms with Crippen LogP contribution in [0.4, 0.5) is 0 Å². The Hall–Kier alpha value is -11.7. The number of likely N-dealkylation sites (tertiary alicyclic amines) is 3. The molecule has 23 N–H and O–H groups in total. The van der Waals surface area contributed by atoms with Crippen LogP contribution in [0.5, 0.6) is 0 Å². The minimum absolute atomic E-state index is 0.0131. The molecule has 734 valence electrons. The largest absolute Gasteiger partial charge is 0.481 e. The van der Waals surface area contributed by atoms with Gasteiger partial charge in [0.25, 0.3) is 0 Å². The Labute approximate surface area is 771 Å². The van der Waals surface area contributed by atoms with Crippen LogP contribution < -0.4 is 86.3 Å². The highest BCUT2D eigenvalue weighted by atomic mass is 16.4. The molecular formula is C90H144N22O20. The number of aliphatic carboxylic acids is 2. The van der Waals surface area contributed by atoms with E-state index >= 15 is 0 Å². The maximum Gasteiger partial charge on any atom is 0.326 e. The van der Waals surface area contributed by atoms with Crippen LogP contribution in [-0.2, 0) is 99.1 Å². The van der Waals surface area contributed by atoms with Crippen molar-refractivity contribution in [2.45, 2.75) is 303 Å². The number of para-hydroxylation sites is 1. The van der Waals surface area contributed by atoms with Gasteiger partial charge in [-0.05, 0) is 176 Å². The molecule has 0 radical (unpaired) electrons. The van der Waals surface area contributed by atoms with Gasteiger partial charge in [-0.15, -0.1) is 0 Å². The van der Waals surface area contributed by atoms with Crippen LogP contribution in [0.1, 0.15) is 216 Å². The molecule has 42 nitrogen and oxygen atoms in total. The molecule has 3 aromatic rings. The van der Waals surface area contributed by atoms with Gasteiger partial charge in [0.05, 0.1) is 32.0 Å². The lowest BCUT2D eigenvalue weighted by Crippen LogP contribution is -2.60. The van der Waals surface area contributed by atoms with Crippen molar-refractivity contribution in [3.05, 3.63) is 54.2 Å². The number of imidazole rings is 1. The molecule has 0 spiro atoms. The third-order valence-corrected chi connectivity index (χ3v) is 23.3. The highest BCUT2D eigenvalue weighted by Crippen LogP contribution is 2.25. The van der Waals surface area contributed by atoms with Gasteiger partial charge in [0.1, 0.15) is 78.5 Å². The number of carbonyl (C=O) groups is 18. The highest BCUT2D eigenvalue weighted by molar-refractivity contribution is 6.01. The van der Waals surface area contributed by atoms with Crippen molar-refractivity contribution in [1.82, 2.24) is 98.8 Å². The predicted octanol–water partition coefficient (Wildman–Crippen LogP) is -0.733. The summed E-state index contributed by atoms with van der Waals surface area (Å²) in [4.78, 5) is 265. The van der Waals surface area contributed by atoms with E-state index in [9.17, 15) is 96.5 Å². The van der Waals surface area contributed by atoms with Gasteiger partial charge in [-0.3, -0.25) is 81.5 Å². The lowest BCUT2D eigenvalue weighted by atomic mass is 9.98. The summed E-state index contributed by atoms with van der Waals surface area (Å²) in [6, 6.07) is -10.3. The van der Waals surface area contributed by atoms with Crippen molar-refractivity contribution in [3.63, 3.8) is 0 Å². The summed E-state index contributed by atoms with van der Waals surface area (Å²) in [5, 5.41) is 55.2. The summed E-state index contributed by atoms with van der Waals surface area (Å²) in [6.45, 7) is 20.3. The van der Waals surface area contributed by atoms with Gasteiger partial charge in [0.15, 0.2) is 0 Å². The molecule has 42 heteroatoms. The molecule has 3 aliphatic rings. The molecule has 3 fully saturated rings. The Morgan fingerprint density at radius 3 is 1.19 bits per heavy atom. The predicted molar refractivity (Wildman–Crippen MR) is 487 cm³/mol. The molecular weight excluding hydrogens is 1710 g/mol. The maximum absolute atomic E-state index is 14.9. The van der Waals surface area contributed by atoms with Crippen molar-refractivity contribution in [2.75, 3.05) is 52.4 Å². The number of hydrogen-bond donors (Lipinski definition) is 20. The van der Waals surface area contributed by atoms with Crippen LogP contribution in [0.25, 0.3) is 10.9 Å². The lowest BCUT2D eigenvalue weighted by Gasteiger charge is -2.29. The SMILES string of the molecule is CC(C)C[C@H](NC(=O)[C@H](CC(C)C)NC(=O)[C@H](CCCCN)NC(=O)[C@@H]1CCCN1C(=O)CNC(=O)[C@H](CC(C)C)NC(=O)[C@@H]1CCCN1C(=O)CNC(=O)[C@H](CCC(=O)O)NC(=O)[C@H](Cc1c[nH]c2ccccc12)NC(=O)[C@H](CC(C)C)NC(=O)[C@@H]1CCCN1C(=O)CNC(=O)[C@H](Cc1cnc[nH]1)NC(=O)[C@@H](N)CC(C)C)C(=O)N[C@@H](CCCCN)C(=O)N[C@H](C(=O)O)C(C)C. The Morgan fingerprint density at radius 2 is 0.773 bits per heavy atom. The smallest absolute Gasteiger partial charge is 0.326 e. The third-order valence-electron chi connectivity index (χ3n) is 23.3. The zero-order valence-corrected chi connectivity index (χ0v) is 78.4. The van der Waals surface area contributed by atoms with E-state index in [1.54, 1.807) is 72.0 Å². The average molecular weight is 1850 g/mol. The molecule has 132 heavy (non-hydrogen) atoms. The zero-order valence-electron chi connectivity index (χ0n) is 78.4. The Morgan fingerprint density at radius 1 is 0.417 bits per heavy atom. The molecule has 2 aromatic heterocycles. The number of nitrogens with two attached hydrogens (primary N) is 3. The van der Waals surface area contributed by atoms with E-state index in [0.29, 0.717) is 80.1 Å². The van der Waals surface area contributed by atoms with Crippen LogP contribution >= 0.6 is 0 Å². The summed E-state index contributed by atoms with van der Waals surface area (Å²) in [5.41, 5.74) is 19.5. The summed E-state index contributed by atoms with van der Waals surface area (Å²) in [6.07, 6.45) is 7.17. The van der Waals surface area contributed by atoms with Crippen molar-refractivity contribution in [2.24, 2.45) is 52.7 Å². The summed E-state index contributed by atoms with van der Waals surface area (Å²) < 4.78 is 0.